The number of hydrogen-bond donors (Lipinski definition) is 0. The maximum atomic E-state index is 12.9. The molecule has 9 heteroatoms. The highest BCUT2D eigenvalue weighted by Crippen LogP contribution is 2.36. The van der Waals surface area contributed by atoms with Gasteiger partial charge in [0.15, 0.2) is 0 Å². The Morgan fingerprint density at radius 1 is 1.28 bits per heavy atom. The van der Waals surface area contributed by atoms with Crippen LogP contribution < -0.4 is 4.74 Å². The van der Waals surface area contributed by atoms with Crippen LogP contribution in [0.5, 0.6) is 5.88 Å². The zero-order valence-corrected chi connectivity index (χ0v) is 14.9. The van der Waals surface area contributed by atoms with E-state index in [0.717, 1.165) is 12.3 Å². The predicted molar refractivity (Wildman–Crippen MR) is 85.7 cm³/mol. The van der Waals surface area contributed by atoms with Crippen molar-refractivity contribution in [2.75, 3.05) is 13.1 Å². The normalized spacial score (nSPS) is 16.7. The number of carbonyl (C=O) groups excluding carboxylic acids is 1. The number of hydrogen-bond acceptors (Lipinski definition) is 4. The summed E-state index contributed by atoms with van der Waals surface area (Å²) < 4.78 is 49.4. The van der Waals surface area contributed by atoms with E-state index < -0.39 is 28.5 Å². The first kappa shape index (κ1) is 19.6. The van der Waals surface area contributed by atoms with Crippen molar-refractivity contribution in [3.8, 4) is 5.88 Å². The molecule has 0 unspecified atom stereocenters. The summed E-state index contributed by atoms with van der Waals surface area (Å²) in [5.74, 6) is -0.132. The van der Waals surface area contributed by atoms with Gasteiger partial charge in [0.05, 0.1) is 16.8 Å². The number of carbonyl (C=O) groups is 1. The van der Waals surface area contributed by atoms with Crippen LogP contribution in [0.4, 0.5) is 18.0 Å². The van der Waals surface area contributed by atoms with Crippen LogP contribution in [-0.4, -0.2) is 40.8 Å². The number of ether oxygens (including phenoxy) is 2. The van der Waals surface area contributed by atoms with Gasteiger partial charge in [0.25, 0.3) is 0 Å². The molecule has 0 radical (unpaired) electrons. The van der Waals surface area contributed by atoms with Crippen LogP contribution in [0, 0.1) is 0 Å². The first-order valence-corrected chi connectivity index (χ1v) is 8.21. The summed E-state index contributed by atoms with van der Waals surface area (Å²) in [5, 5.41) is -0.473. The number of alkyl halides is 3. The second kappa shape index (κ2) is 7.27. The minimum Gasteiger partial charge on any atom is -0.474 e. The second-order valence-corrected chi connectivity index (χ2v) is 7.19. The molecule has 1 aliphatic heterocycles. The molecule has 1 saturated heterocycles. The molecule has 1 aromatic heterocycles. The lowest BCUT2D eigenvalue weighted by Gasteiger charge is -2.33. The summed E-state index contributed by atoms with van der Waals surface area (Å²) in [7, 11) is 0. The maximum absolute atomic E-state index is 12.9. The van der Waals surface area contributed by atoms with Gasteiger partial charge in [0, 0.05) is 32.0 Å². The van der Waals surface area contributed by atoms with Crippen molar-refractivity contribution in [1.82, 2.24) is 9.88 Å². The van der Waals surface area contributed by atoms with Crippen molar-refractivity contribution in [1.29, 1.82) is 0 Å². The Bertz CT molecular complexity index is 624. The van der Waals surface area contributed by atoms with Crippen LogP contribution in [0.2, 0.25) is 5.02 Å². The average molecular weight is 381 g/mol. The molecular weight excluding hydrogens is 361 g/mol. The highest BCUT2D eigenvalue weighted by atomic mass is 35.5. The quantitative estimate of drug-likeness (QED) is 0.756. The zero-order valence-electron chi connectivity index (χ0n) is 14.2. The van der Waals surface area contributed by atoms with Crippen molar-refractivity contribution in [3.63, 3.8) is 0 Å². The van der Waals surface area contributed by atoms with Gasteiger partial charge in [0.1, 0.15) is 11.7 Å². The third kappa shape index (κ3) is 5.66. The van der Waals surface area contributed by atoms with E-state index in [1.165, 1.54) is 0 Å². The summed E-state index contributed by atoms with van der Waals surface area (Å²) in [6.07, 6.45) is -3.42. The monoisotopic (exact) mass is 380 g/mol. The van der Waals surface area contributed by atoms with Gasteiger partial charge in [-0.05, 0) is 20.8 Å². The van der Waals surface area contributed by atoms with Crippen LogP contribution in [0.25, 0.3) is 0 Å². The van der Waals surface area contributed by atoms with Crippen molar-refractivity contribution in [2.24, 2.45) is 0 Å². The molecule has 0 spiro atoms. The number of likely N-dealkylation sites (tertiary alicyclic amines) is 1. The molecule has 2 heterocycles. The largest absolute Gasteiger partial charge is 0.474 e. The smallest absolute Gasteiger partial charge is 0.418 e. The number of amides is 1. The molecule has 0 atom stereocenters. The van der Waals surface area contributed by atoms with Gasteiger partial charge in [-0.15, -0.1) is 0 Å². The maximum Gasteiger partial charge on any atom is 0.418 e. The van der Waals surface area contributed by atoms with Gasteiger partial charge in [0.2, 0.25) is 5.88 Å². The van der Waals surface area contributed by atoms with Gasteiger partial charge in [-0.25, -0.2) is 9.78 Å². The highest BCUT2D eigenvalue weighted by molar-refractivity contribution is 6.31. The number of halogens is 4. The molecule has 0 aromatic carbocycles. The number of rotatable bonds is 2. The topological polar surface area (TPSA) is 51.7 Å². The fourth-order valence-corrected chi connectivity index (χ4v) is 2.57. The van der Waals surface area contributed by atoms with Crippen LogP contribution in [0.3, 0.4) is 0 Å². The van der Waals surface area contributed by atoms with E-state index >= 15 is 0 Å². The zero-order chi connectivity index (χ0) is 18.8. The Balaban J connectivity index is 1.93. The average Bonchev–Trinajstić information content (AvgIpc) is 2.47. The SMILES string of the molecule is CC(C)(C)OC(=O)N1CCC(Oc2cc(C(F)(F)F)c(Cl)cn2)CC1. The lowest BCUT2D eigenvalue weighted by atomic mass is 10.1. The van der Waals surface area contributed by atoms with Crippen LogP contribution in [0.1, 0.15) is 39.2 Å². The summed E-state index contributed by atoms with van der Waals surface area (Å²) in [5.41, 5.74) is -1.56. The van der Waals surface area contributed by atoms with Crippen molar-refractivity contribution in [2.45, 2.75) is 51.5 Å². The molecule has 25 heavy (non-hydrogen) atoms. The molecule has 140 valence electrons. The summed E-state index contributed by atoms with van der Waals surface area (Å²) >= 11 is 5.53. The molecule has 0 bridgehead atoms. The molecule has 0 N–H and O–H groups in total. The lowest BCUT2D eigenvalue weighted by molar-refractivity contribution is -0.137. The Hall–Kier alpha value is -1.70. The number of piperidine rings is 1. The Labute approximate surface area is 149 Å². The third-order valence-corrected chi connectivity index (χ3v) is 3.82. The van der Waals surface area contributed by atoms with Crippen molar-refractivity contribution in [3.05, 3.63) is 22.8 Å². The van der Waals surface area contributed by atoms with E-state index in [9.17, 15) is 18.0 Å². The lowest BCUT2D eigenvalue weighted by Crippen LogP contribution is -2.44. The molecule has 1 amide bonds. The Morgan fingerprint density at radius 2 is 1.88 bits per heavy atom. The fraction of sp³-hybridized carbons (Fsp3) is 0.625. The summed E-state index contributed by atoms with van der Waals surface area (Å²) in [6.45, 7) is 6.15. The molecule has 0 aliphatic carbocycles. The van der Waals surface area contributed by atoms with E-state index in [4.69, 9.17) is 21.1 Å². The van der Waals surface area contributed by atoms with E-state index in [-0.39, 0.29) is 12.0 Å². The number of aromatic nitrogens is 1. The van der Waals surface area contributed by atoms with Crippen LogP contribution in [0.15, 0.2) is 12.3 Å². The van der Waals surface area contributed by atoms with Gasteiger partial charge < -0.3 is 14.4 Å². The molecule has 0 saturated carbocycles. The minimum atomic E-state index is -4.57. The van der Waals surface area contributed by atoms with Crippen LogP contribution >= 0.6 is 11.6 Å². The first-order chi connectivity index (χ1) is 11.5. The molecule has 2 rings (SSSR count). The number of nitrogens with zero attached hydrogens (tertiary/aromatic N) is 2. The fourth-order valence-electron chi connectivity index (χ4n) is 2.35. The molecule has 1 aliphatic rings. The van der Waals surface area contributed by atoms with Gasteiger partial charge in [-0.2, -0.15) is 13.2 Å². The standard InChI is InChI=1S/C16H20ClF3N2O3/c1-15(2,3)25-14(23)22-6-4-10(5-7-22)24-13-8-11(16(18,19)20)12(17)9-21-13/h8-10H,4-7H2,1-3H3. The van der Waals surface area contributed by atoms with Gasteiger partial charge >= 0.3 is 12.3 Å². The van der Waals surface area contributed by atoms with Gasteiger partial charge in [-0.1, -0.05) is 11.6 Å². The first-order valence-electron chi connectivity index (χ1n) is 7.83. The van der Waals surface area contributed by atoms with Gasteiger partial charge in [-0.3, -0.25) is 0 Å². The molecule has 1 fully saturated rings. The Morgan fingerprint density at radius 3 is 2.40 bits per heavy atom. The third-order valence-electron chi connectivity index (χ3n) is 3.52. The second-order valence-electron chi connectivity index (χ2n) is 6.78. The van der Waals surface area contributed by atoms with E-state index in [1.54, 1.807) is 25.7 Å². The predicted octanol–water partition coefficient (Wildman–Crippen LogP) is 4.53. The van der Waals surface area contributed by atoms with Crippen molar-refractivity contribution < 1.29 is 27.4 Å². The van der Waals surface area contributed by atoms with E-state index in [0.29, 0.717) is 25.9 Å². The summed E-state index contributed by atoms with van der Waals surface area (Å²) in [6, 6.07) is 0.794. The molecule has 5 nitrogen and oxygen atoms in total. The van der Waals surface area contributed by atoms with Crippen molar-refractivity contribution >= 4 is 17.7 Å². The van der Waals surface area contributed by atoms with Crippen LogP contribution in [-0.2, 0) is 10.9 Å². The number of pyridine rings is 1. The summed E-state index contributed by atoms with van der Waals surface area (Å²) in [4.78, 5) is 17.3. The minimum absolute atomic E-state index is 0.132. The van der Waals surface area contributed by atoms with E-state index in [1.807, 2.05) is 0 Å². The molecule has 1 aromatic rings. The molecular formula is C16H20ClF3N2O3. The highest BCUT2D eigenvalue weighted by Gasteiger charge is 2.34. The Kier molecular flexibility index (Phi) is 5.71. The van der Waals surface area contributed by atoms with E-state index in [2.05, 4.69) is 4.98 Å².